The van der Waals surface area contributed by atoms with Gasteiger partial charge in [0.2, 0.25) is 0 Å². The molecule has 0 fully saturated rings. The summed E-state index contributed by atoms with van der Waals surface area (Å²) >= 11 is 0. The maximum absolute atomic E-state index is 3.30. The molecule has 0 nitrogen and oxygen atoms in total. The van der Waals surface area contributed by atoms with Gasteiger partial charge in [0.05, 0.1) is 0 Å². The van der Waals surface area contributed by atoms with Crippen molar-refractivity contribution >= 4 is 19.9 Å². The van der Waals surface area contributed by atoms with Crippen molar-refractivity contribution in [1.29, 1.82) is 0 Å². The van der Waals surface area contributed by atoms with Crippen LogP contribution in [0.1, 0.15) is 11.1 Å². The Morgan fingerprint density at radius 2 is 1.16 bits per heavy atom. The van der Waals surface area contributed by atoms with E-state index in [1.807, 2.05) is 36.4 Å². The Labute approximate surface area is 213 Å². The fourth-order valence-electron chi connectivity index (χ4n) is 3.61. The Balaban J connectivity index is 0.000000145. The molecule has 0 atom stereocenters. The number of rotatable bonds is 2. The van der Waals surface area contributed by atoms with Crippen molar-refractivity contribution in [1.82, 2.24) is 0 Å². The maximum atomic E-state index is 3.30. The number of hydrogen-bond acceptors (Lipinski definition) is 0. The Hall–Kier alpha value is -2.67. The number of fused-ring (bicyclic) bond motifs is 3. The van der Waals surface area contributed by atoms with Crippen molar-refractivity contribution in [3.05, 3.63) is 151 Å². The molecule has 0 spiro atoms. The quantitative estimate of drug-likeness (QED) is 0.215. The van der Waals surface area contributed by atoms with E-state index < -0.39 is 0 Å². The molecule has 1 aliphatic carbocycles. The van der Waals surface area contributed by atoms with E-state index in [9.17, 15) is 0 Å². The molecule has 0 heterocycles. The van der Waals surface area contributed by atoms with Crippen LogP contribution in [0, 0.1) is 6.07 Å². The van der Waals surface area contributed by atoms with Crippen LogP contribution in [0.5, 0.6) is 0 Å². The zero-order chi connectivity index (χ0) is 21.1. The maximum Gasteiger partial charge on any atom is 2.00 e. The van der Waals surface area contributed by atoms with E-state index in [1.165, 1.54) is 32.6 Å². The van der Waals surface area contributed by atoms with E-state index in [2.05, 4.69) is 103 Å². The van der Waals surface area contributed by atoms with Crippen LogP contribution in [0.15, 0.2) is 133 Å². The SMILES string of the molecule is [Zr+2].[c-]1cccc2c1Cc1ccccc1-2.c1cc[cH-]c1.c1ccc([SiH]c2ccccc2)cc1. The molecule has 0 bridgehead atoms. The molecule has 0 unspecified atom stereocenters. The van der Waals surface area contributed by atoms with Crippen molar-refractivity contribution in [2.75, 3.05) is 0 Å². The van der Waals surface area contributed by atoms with Gasteiger partial charge in [0.25, 0.3) is 0 Å². The first-order valence-corrected chi connectivity index (χ1v) is 11.7. The molecule has 0 saturated carbocycles. The Kier molecular flexibility index (Phi) is 9.75. The molecule has 1 aliphatic rings. The monoisotopic (exact) mass is 503 g/mol. The van der Waals surface area contributed by atoms with Gasteiger partial charge < -0.3 is 0 Å². The summed E-state index contributed by atoms with van der Waals surface area (Å²) in [5.41, 5.74) is 5.51. The average molecular weight is 505 g/mol. The van der Waals surface area contributed by atoms with Crippen LogP contribution in [0.4, 0.5) is 0 Å². The summed E-state index contributed by atoms with van der Waals surface area (Å²) in [5, 5.41) is 2.90. The van der Waals surface area contributed by atoms with E-state index in [1.54, 1.807) is 0 Å². The fourth-order valence-corrected chi connectivity index (χ4v) is 4.82. The van der Waals surface area contributed by atoms with Crippen molar-refractivity contribution in [2.45, 2.75) is 6.42 Å². The first kappa shape index (κ1) is 24.0. The van der Waals surface area contributed by atoms with Gasteiger partial charge in [-0.2, -0.15) is 48.0 Å². The van der Waals surface area contributed by atoms with Gasteiger partial charge in [0.15, 0.2) is 0 Å². The summed E-state index contributed by atoms with van der Waals surface area (Å²) in [7, 11) is 0.271. The summed E-state index contributed by atoms with van der Waals surface area (Å²) in [5.74, 6) is 0. The standard InChI is InChI=1S/C13H9.C12H11Si.C5H5.Zr/c1-3-7-12-10(5-1)9-11-6-2-4-8-13(11)12;1-3-7-11(8-4-1)13-12-9-5-2-6-10-12;1-2-4-5-3-1;/h1-5,7-8H,9H2;1-10,13H;1-5H;/q-1;;-1;+2. The van der Waals surface area contributed by atoms with Crippen LogP contribution in [0.3, 0.4) is 0 Å². The first-order valence-electron chi connectivity index (χ1n) is 10.6. The van der Waals surface area contributed by atoms with E-state index in [0.29, 0.717) is 0 Å². The minimum Gasteiger partial charge on any atom is -0.214 e. The molecule has 6 rings (SSSR count). The minimum atomic E-state index is 0. The molecule has 0 N–H and O–H groups in total. The Bertz CT molecular complexity index is 1070. The average Bonchev–Trinajstić information content (AvgIpc) is 3.53. The molecule has 5 aromatic carbocycles. The molecule has 32 heavy (non-hydrogen) atoms. The van der Waals surface area contributed by atoms with Gasteiger partial charge in [-0.1, -0.05) is 106 Å². The van der Waals surface area contributed by atoms with Gasteiger partial charge in [0, 0.05) is 0 Å². The van der Waals surface area contributed by atoms with Gasteiger partial charge in [0.1, 0.15) is 9.52 Å². The van der Waals surface area contributed by atoms with E-state index in [0.717, 1.165) is 6.42 Å². The fraction of sp³-hybridized carbons (Fsp3) is 0.0333. The van der Waals surface area contributed by atoms with Gasteiger partial charge in [-0.3, -0.25) is 0 Å². The van der Waals surface area contributed by atoms with Crippen molar-refractivity contribution in [2.24, 2.45) is 0 Å². The number of benzene rings is 4. The molecule has 0 aliphatic heterocycles. The Morgan fingerprint density at radius 3 is 1.75 bits per heavy atom. The summed E-state index contributed by atoms with van der Waals surface area (Å²) in [6, 6.07) is 49.4. The molecular weight excluding hydrogens is 480 g/mol. The second-order valence-electron chi connectivity index (χ2n) is 7.32. The third kappa shape index (κ3) is 6.92. The predicted molar refractivity (Wildman–Crippen MR) is 135 cm³/mol. The van der Waals surface area contributed by atoms with Gasteiger partial charge in [-0.15, -0.1) is 5.56 Å². The van der Waals surface area contributed by atoms with Crippen LogP contribution < -0.4 is 10.4 Å². The summed E-state index contributed by atoms with van der Waals surface area (Å²) in [6.07, 6.45) is 1.05. The minimum absolute atomic E-state index is 0. The summed E-state index contributed by atoms with van der Waals surface area (Å²) in [4.78, 5) is 0. The third-order valence-corrected chi connectivity index (χ3v) is 6.54. The molecule has 153 valence electrons. The van der Waals surface area contributed by atoms with Crippen molar-refractivity contribution in [3.8, 4) is 11.1 Å². The normalized spacial score (nSPS) is 10.2. The predicted octanol–water partition coefficient (Wildman–Crippen LogP) is 5.53. The largest absolute Gasteiger partial charge is 2.00 e. The molecule has 0 saturated heterocycles. The topological polar surface area (TPSA) is 0 Å². The second-order valence-corrected chi connectivity index (χ2v) is 8.95. The Morgan fingerprint density at radius 1 is 0.594 bits per heavy atom. The summed E-state index contributed by atoms with van der Waals surface area (Å²) in [6.45, 7) is 0. The first-order chi connectivity index (χ1) is 15.4. The summed E-state index contributed by atoms with van der Waals surface area (Å²) < 4.78 is 0. The molecule has 1 radical (unpaired) electrons. The molecule has 2 heteroatoms. The van der Waals surface area contributed by atoms with Gasteiger partial charge in [-0.05, 0) is 6.42 Å². The van der Waals surface area contributed by atoms with Crippen molar-refractivity contribution in [3.63, 3.8) is 0 Å². The number of hydrogen-bond donors (Lipinski definition) is 0. The zero-order valence-electron chi connectivity index (χ0n) is 18.0. The van der Waals surface area contributed by atoms with Crippen LogP contribution in [-0.2, 0) is 32.6 Å². The van der Waals surface area contributed by atoms with Crippen LogP contribution in [0.2, 0.25) is 0 Å². The van der Waals surface area contributed by atoms with Crippen LogP contribution >= 0.6 is 0 Å². The van der Waals surface area contributed by atoms with Gasteiger partial charge >= 0.3 is 26.2 Å². The van der Waals surface area contributed by atoms with E-state index >= 15 is 0 Å². The van der Waals surface area contributed by atoms with Crippen molar-refractivity contribution < 1.29 is 26.2 Å². The third-order valence-electron chi connectivity index (χ3n) is 5.10. The van der Waals surface area contributed by atoms with Crippen LogP contribution in [0.25, 0.3) is 11.1 Å². The van der Waals surface area contributed by atoms with Crippen LogP contribution in [-0.4, -0.2) is 9.52 Å². The smallest absolute Gasteiger partial charge is 0.214 e. The van der Waals surface area contributed by atoms with E-state index in [-0.39, 0.29) is 35.7 Å². The molecule has 5 aromatic rings. The molecule has 0 amide bonds. The van der Waals surface area contributed by atoms with Gasteiger partial charge in [-0.25, -0.2) is 12.1 Å². The van der Waals surface area contributed by atoms with E-state index in [4.69, 9.17) is 0 Å². The second kappa shape index (κ2) is 13.0. The molecular formula is C30H25SiZr. The zero-order valence-corrected chi connectivity index (χ0v) is 21.6. The molecule has 0 aromatic heterocycles.